The van der Waals surface area contributed by atoms with Gasteiger partial charge in [-0.1, -0.05) is 0 Å². The zero-order chi connectivity index (χ0) is 21.2. The van der Waals surface area contributed by atoms with Gasteiger partial charge >= 0.3 is 23.9 Å². The number of carbonyl (C=O) groups is 4. The van der Waals surface area contributed by atoms with E-state index >= 15 is 0 Å². The SMILES string of the molecule is COC(=O)C1=C(OC)[C@H](C(=O)OC)[C@H]2C(C(=O)OC)=C(OC)[C@H](C(=O)OC)[C@@H]12. The van der Waals surface area contributed by atoms with Crippen LogP contribution in [0.4, 0.5) is 0 Å². The normalized spacial score (nSPS) is 25.8. The lowest BCUT2D eigenvalue weighted by atomic mass is 9.81. The van der Waals surface area contributed by atoms with E-state index in [-0.39, 0.29) is 22.7 Å². The van der Waals surface area contributed by atoms with Crippen LogP contribution in [-0.4, -0.2) is 66.5 Å². The highest BCUT2D eigenvalue weighted by Gasteiger charge is 2.63. The van der Waals surface area contributed by atoms with Crippen LogP contribution < -0.4 is 0 Å². The van der Waals surface area contributed by atoms with Gasteiger partial charge in [0.15, 0.2) is 0 Å². The summed E-state index contributed by atoms with van der Waals surface area (Å²) in [7, 11) is 7.15. The molecule has 0 amide bonds. The molecule has 0 aromatic rings. The molecule has 0 fully saturated rings. The van der Waals surface area contributed by atoms with Crippen LogP contribution in [0.1, 0.15) is 0 Å². The van der Waals surface area contributed by atoms with Gasteiger partial charge in [0.2, 0.25) is 0 Å². The molecular weight excluding hydrogens is 376 g/mol. The van der Waals surface area contributed by atoms with Gasteiger partial charge in [-0.15, -0.1) is 0 Å². The van der Waals surface area contributed by atoms with Crippen molar-refractivity contribution in [3.05, 3.63) is 22.7 Å². The highest BCUT2D eigenvalue weighted by atomic mass is 16.5. The Kier molecular flexibility index (Phi) is 6.32. The van der Waals surface area contributed by atoms with E-state index in [9.17, 15) is 19.2 Å². The summed E-state index contributed by atoms with van der Waals surface area (Å²) in [6.07, 6.45) is 0. The maximum absolute atomic E-state index is 12.6. The number of rotatable bonds is 6. The van der Waals surface area contributed by atoms with Crippen LogP contribution in [-0.2, 0) is 47.6 Å². The summed E-state index contributed by atoms with van der Waals surface area (Å²) in [5.41, 5.74) is -0.122. The maximum Gasteiger partial charge on any atom is 0.337 e. The van der Waals surface area contributed by atoms with Crippen LogP contribution in [0, 0.1) is 23.7 Å². The number of hydrogen-bond acceptors (Lipinski definition) is 10. The van der Waals surface area contributed by atoms with Crippen molar-refractivity contribution in [1.29, 1.82) is 0 Å². The van der Waals surface area contributed by atoms with E-state index in [1.54, 1.807) is 0 Å². The number of esters is 4. The largest absolute Gasteiger partial charge is 0.500 e. The van der Waals surface area contributed by atoms with Crippen molar-refractivity contribution in [1.82, 2.24) is 0 Å². The van der Waals surface area contributed by atoms with Gasteiger partial charge < -0.3 is 28.4 Å². The molecule has 2 rings (SSSR count). The lowest BCUT2D eigenvalue weighted by molar-refractivity contribution is -0.150. The number of methoxy groups -OCH3 is 6. The van der Waals surface area contributed by atoms with E-state index in [0.29, 0.717) is 0 Å². The number of carbonyl (C=O) groups excluding carboxylic acids is 4. The van der Waals surface area contributed by atoms with Gasteiger partial charge in [-0.3, -0.25) is 9.59 Å². The van der Waals surface area contributed by atoms with Crippen LogP contribution in [0.2, 0.25) is 0 Å². The fourth-order valence-electron chi connectivity index (χ4n) is 4.03. The smallest absolute Gasteiger partial charge is 0.337 e. The topological polar surface area (TPSA) is 124 Å². The molecule has 2 aliphatic carbocycles. The van der Waals surface area contributed by atoms with Crippen LogP contribution in [0.5, 0.6) is 0 Å². The Labute approximate surface area is 161 Å². The van der Waals surface area contributed by atoms with Gasteiger partial charge in [0, 0.05) is 11.8 Å². The summed E-state index contributed by atoms with van der Waals surface area (Å²) in [5.74, 6) is -7.57. The summed E-state index contributed by atoms with van der Waals surface area (Å²) in [6.45, 7) is 0. The van der Waals surface area contributed by atoms with Crippen LogP contribution >= 0.6 is 0 Å². The van der Waals surface area contributed by atoms with Crippen molar-refractivity contribution >= 4 is 23.9 Å². The highest BCUT2D eigenvalue weighted by molar-refractivity contribution is 6.00. The monoisotopic (exact) mass is 398 g/mol. The van der Waals surface area contributed by atoms with E-state index in [0.717, 1.165) is 28.4 Å². The molecule has 0 aromatic carbocycles. The maximum atomic E-state index is 12.6. The summed E-state index contributed by atoms with van der Waals surface area (Å²) < 4.78 is 30.0. The van der Waals surface area contributed by atoms with Gasteiger partial charge in [0.25, 0.3) is 0 Å². The number of fused-ring (bicyclic) bond motifs is 1. The quantitative estimate of drug-likeness (QED) is 0.445. The zero-order valence-corrected chi connectivity index (χ0v) is 16.4. The Hall–Kier alpha value is -3.04. The Bertz CT molecular complexity index is 698. The molecule has 10 nitrogen and oxygen atoms in total. The fourth-order valence-corrected chi connectivity index (χ4v) is 4.03. The third-order valence-corrected chi connectivity index (χ3v) is 5.03. The lowest BCUT2D eigenvalue weighted by Crippen LogP contribution is -2.32. The van der Waals surface area contributed by atoms with Crippen molar-refractivity contribution in [2.24, 2.45) is 23.7 Å². The van der Waals surface area contributed by atoms with E-state index in [1.165, 1.54) is 14.2 Å². The van der Waals surface area contributed by atoms with Crippen LogP contribution in [0.15, 0.2) is 22.7 Å². The molecular formula is C18H22O10. The first-order valence-corrected chi connectivity index (χ1v) is 8.22. The van der Waals surface area contributed by atoms with Crippen molar-refractivity contribution < 1.29 is 47.6 Å². The predicted molar refractivity (Wildman–Crippen MR) is 90.1 cm³/mol. The molecule has 28 heavy (non-hydrogen) atoms. The average Bonchev–Trinajstić information content (AvgIpc) is 3.22. The van der Waals surface area contributed by atoms with Crippen LogP contribution in [0.25, 0.3) is 0 Å². The second-order valence-corrected chi connectivity index (χ2v) is 6.00. The van der Waals surface area contributed by atoms with E-state index < -0.39 is 47.5 Å². The van der Waals surface area contributed by atoms with Crippen molar-refractivity contribution in [2.45, 2.75) is 0 Å². The molecule has 0 spiro atoms. The van der Waals surface area contributed by atoms with Gasteiger partial charge in [-0.2, -0.15) is 0 Å². The summed E-state index contributed by atoms with van der Waals surface area (Å²) >= 11 is 0. The average molecular weight is 398 g/mol. The Morgan fingerprint density at radius 1 is 0.571 bits per heavy atom. The third kappa shape index (κ3) is 2.98. The molecule has 0 radical (unpaired) electrons. The Morgan fingerprint density at radius 2 is 0.893 bits per heavy atom. The molecule has 0 unspecified atom stereocenters. The van der Waals surface area contributed by atoms with E-state index in [1.807, 2.05) is 0 Å². The predicted octanol–water partition coefficient (Wildman–Crippen LogP) is -0.0286. The standard InChI is InChI=1S/C18H22O10/c1-23-13-9(15(19)25-3)7-8(10(13)16(20)26-4)12(18(22)28-6)14(24-2)11(7)17(21)27-5/h7-9,12H,1-6H3/t7-,8+,9+,12+/m0/s1. The number of ether oxygens (including phenoxy) is 6. The lowest BCUT2D eigenvalue weighted by Gasteiger charge is -2.22. The molecule has 0 aromatic heterocycles. The molecule has 10 heteroatoms. The van der Waals surface area contributed by atoms with Crippen molar-refractivity contribution in [2.75, 3.05) is 42.7 Å². The molecule has 0 heterocycles. The highest BCUT2D eigenvalue weighted by Crippen LogP contribution is 2.57. The minimum atomic E-state index is -1.18. The van der Waals surface area contributed by atoms with E-state index in [2.05, 4.69) is 0 Å². The molecule has 2 aliphatic rings. The first-order chi connectivity index (χ1) is 13.3. The fraction of sp³-hybridized carbons (Fsp3) is 0.556. The van der Waals surface area contributed by atoms with Crippen LogP contribution in [0.3, 0.4) is 0 Å². The molecule has 4 atom stereocenters. The van der Waals surface area contributed by atoms with Gasteiger partial charge in [0.1, 0.15) is 23.4 Å². The second kappa shape index (κ2) is 8.32. The minimum Gasteiger partial charge on any atom is -0.500 e. The molecule has 0 saturated heterocycles. The van der Waals surface area contributed by atoms with E-state index in [4.69, 9.17) is 28.4 Å². The Balaban J connectivity index is 2.83. The molecule has 0 saturated carbocycles. The summed E-state index contributed by atoms with van der Waals surface area (Å²) in [6, 6.07) is 0. The molecule has 0 bridgehead atoms. The first kappa shape index (κ1) is 21.3. The second-order valence-electron chi connectivity index (χ2n) is 6.00. The Morgan fingerprint density at radius 3 is 1.11 bits per heavy atom. The first-order valence-electron chi connectivity index (χ1n) is 8.22. The molecule has 0 N–H and O–H groups in total. The van der Waals surface area contributed by atoms with Crippen molar-refractivity contribution in [3.63, 3.8) is 0 Å². The summed E-state index contributed by atoms with van der Waals surface area (Å²) in [4.78, 5) is 50.2. The molecule has 0 aliphatic heterocycles. The summed E-state index contributed by atoms with van der Waals surface area (Å²) in [5, 5.41) is 0. The van der Waals surface area contributed by atoms with Crippen molar-refractivity contribution in [3.8, 4) is 0 Å². The number of hydrogen-bond donors (Lipinski definition) is 0. The molecule has 154 valence electrons. The van der Waals surface area contributed by atoms with Gasteiger partial charge in [0.05, 0.1) is 53.8 Å². The minimum absolute atomic E-state index is 0.0424. The van der Waals surface area contributed by atoms with Gasteiger partial charge in [-0.05, 0) is 0 Å². The van der Waals surface area contributed by atoms with Gasteiger partial charge in [-0.25, -0.2) is 9.59 Å². The third-order valence-electron chi connectivity index (χ3n) is 5.03. The zero-order valence-electron chi connectivity index (χ0n) is 16.4.